The van der Waals surface area contributed by atoms with Crippen LogP contribution in [0.15, 0.2) is 47.6 Å². The Morgan fingerprint density at radius 1 is 1.03 bits per heavy atom. The van der Waals surface area contributed by atoms with Crippen LogP contribution in [0.5, 0.6) is 5.75 Å². The second kappa shape index (κ2) is 14.3. The van der Waals surface area contributed by atoms with E-state index in [2.05, 4.69) is 16.9 Å². The molecule has 0 bridgehead atoms. The first-order valence-corrected chi connectivity index (χ1v) is 10.9. The van der Waals surface area contributed by atoms with Gasteiger partial charge in [-0.05, 0) is 42.8 Å². The summed E-state index contributed by atoms with van der Waals surface area (Å²) in [6, 6.07) is 10.6. The number of aliphatic imine (C=N–C) groups is 1. The summed E-state index contributed by atoms with van der Waals surface area (Å²) in [7, 11) is 0. The summed E-state index contributed by atoms with van der Waals surface area (Å²) in [4.78, 5) is 19.6. The molecule has 0 aliphatic carbocycles. The predicted molar refractivity (Wildman–Crippen MR) is 120 cm³/mol. The topological polar surface area (TPSA) is 83.8 Å². The molecule has 0 aliphatic heterocycles. The summed E-state index contributed by atoms with van der Waals surface area (Å²) in [5, 5.41) is 9.41. The summed E-state index contributed by atoms with van der Waals surface area (Å²) in [6.07, 6.45) is 13.8. The lowest BCUT2D eigenvalue weighted by Crippen LogP contribution is -2.22. The number of aromatic nitrogens is 1. The molecule has 1 aromatic heterocycles. The Hall–Kier alpha value is -2.73. The van der Waals surface area contributed by atoms with E-state index in [4.69, 9.17) is 4.74 Å². The van der Waals surface area contributed by atoms with E-state index in [0.717, 1.165) is 12.2 Å². The molecule has 2 aromatic rings. The van der Waals surface area contributed by atoms with E-state index in [0.29, 0.717) is 29.8 Å². The standard InChI is InChI=1S/C24H33N3O3/c1-2-3-4-5-6-7-8-9-10-18-30-22-15-13-21(14-16-22)26-24(27-29)23-20(19-28)12-11-17-25-23/h11-17,19,29H,2-10,18H2,1H3,(H,26,27). The number of benzene rings is 1. The van der Waals surface area contributed by atoms with Crippen molar-refractivity contribution in [1.82, 2.24) is 10.5 Å². The summed E-state index contributed by atoms with van der Waals surface area (Å²) in [5.41, 5.74) is 3.28. The molecule has 2 rings (SSSR count). The monoisotopic (exact) mass is 411 g/mol. The molecule has 0 radical (unpaired) electrons. The predicted octanol–water partition coefficient (Wildman–Crippen LogP) is 5.86. The molecule has 0 saturated carbocycles. The van der Waals surface area contributed by atoms with Crippen molar-refractivity contribution in [1.29, 1.82) is 0 Å². The Kier molecular flexibility index (Phi) is 11.2. The van der Waals surface area contributed by atoms with Gasteiger partial charge in [0.1, 0.15) is 11.4 Å². The molecule has 0 atom stereocenters. The van der Waals surface area contributed by atoms with Gasteiger partial charge in [0, 0.05) is 11.8 Å². The lowest BCUT2D eigenvalue weighted by atomic mass is 10.1. The number of rotatable bonds is 14. The molecule has 6 heteroatoms. The number of unbranched alkanes of at least 4 members (excludes halogenated alkanes) is 8. The number of nitrogens with one attached hydrogen (secondary N) is 1. The highest BCUT2D eigenvalue weighted by Gasteiger charge is 2.10. The van der Waals surface area contributed by atoms with E-state index in [9.17, 15) is 10.0 Å². The molecular weight excluding hydrogens is 378 g/mol. The maximum absolute atomic E-state index is 11.2. The van der Waals surface area contributed by atoms with Crippen molar-refractivity contribution < 1.29 is 14.7 Å². The van der Waals surface area contributed by atoms with Gasteiger partial charge in [0.25, 0.3) is 0 Å². The van der Waals surface area contributed by atoms with Crippen molar-refractivity contribution in [3.8, 4) is 5.75 Å². The fourth-order valence-electron chi connectivity index (χ4n) is 3.19. The van der Waals surface area contributed by atoms with Crippen LogP contribution in [0.1, 0.15) is 80.8 Å². The molecule has 30 heavy (non-hydrogen) atoms. The fourth-order valence-corrected chi connectivity index (χ4v) is 3.19. The minimum atomic E-state index is 0.112. The smallest absolute Gasteiger partial charge is 0.177 e. The van der Waals surface area contributed by atoms with Crippen LogP contribution < -0.4 is 10.2 Å². The number of nitrogens with zero attached hydrogens (tertiary/aromatic N) is 2. The molecule has 0 spiro atoms. The van der Waals surface area contributed by atoms with Crippen LogP contribution in [0.4, 0.5) is 5.69 Å². The first-order valence-electron chi connectivity index (χ1n) is 10.9. The third-order valence-corrected chi connectivity index (χ3v) is 4.89. The molecule has 2 N–H and O–H groups in total. The highest BCUT2D eigenvalue weighted by atomic mass is 16.5. The summed E-state index contributed by atoms with van der Waals surface area (Å²) in [6.45, 7) is 2.95. The summed E-state index contributed by atoms with van der Waals surface area (Å²) < 4.78 is 5.80. The SMILES string of the molecule is CCCCCCCCCCCOc1ccc(N=C(NO)c2ncccc2C=O)cc1. The second-order valence-electron chi connectivity index (χ2n) is 7.30. The number of pyridine rings is 1. The molecular formula is C24H33N3O3. The first kappa shape index (κ1) is 23.5. The fraction of sp³-hybridized carbons (Fsp3) is 0.458. The minimum absolute atomic E-state index is 0.112. The van der Waals surface area contributed by atoms with Gasteiger partial charge < -0.3 is 4.74 Å². The molecule has 6 nitrogen and oxygen atoms in total. The average molecular weight is 412 g/mol. The van der Waals surface area contributed by atoms with Gasteiger partial charge in [-0.1, -0.05) is 58.3 Å². The number of hydrogen-bond donors (Lipinski definition) is 2. The molecule has 1 heterocycles. The van der Waals surface area contributed by atoms with E-state index in [1.807, 2.05) is 17.6 Å². The molecule has 0 saturated heterocycles. The molecule has 162 valence electrons. The van der Waals surface area contributed by atoms with Crippen LogP contribution in [-0.2, 0) is 0 Å². The van der Waals surface area contributed by atoms with Gasteiger partial charge in [-0.15, -0.1) is 0 Å². The van der Waals surface area contributed by atoms with Crippen LogP contribution in [0.25, 0.3) is 0 Å². The third-order valence-electron chi connectivity index (χ3n) is 4.89. The summed E-state index contributed by atoms with van der Waals surface area (Å²) >= 11 is 0. The van der Waals surface area contributed by atoms with Crippen LogP contribution in [0, 0.1) is 0 Å². The zero-order valence-electron chi connectivity index (χ0n) is 17.8. The van der Waals surface area contributed by atoms with Gasteiger partial charge in [0.05, 0.1) is 12.3 Å². The Labute approximate surface area is 179 Å². The van der Waals surface area contributed by atoms with Gasteiger partial charge in [0.2, 0.25) is 0 Å². The third kappa shape index (κ3) is 8.33. The van der Waals surface area contributed by atoms with Crippen molar-refractivity contribution in [2.24, 2.45) is 4.99 Å². The Morgan fingerprint density at radius 3 is 2.33 bits per heavy atom. The average Bonchev–Trinajstić information content (AvgIpc) is 2.79. The number of ether oxygens (including phenoxy) is 1. The van der Waals surface area contributed by atoms with Crippen molar-refractivity contribution in [3.05, 3.63) is 53.9 Å². The molecule has 0 amide bonds. The van der Waals surface area contributed by atoms with Crippen molar-refractivity contribution in [2.45, 2.75) is 64.7 Å². The highest BCUT2D eigenvalue weighted by molar-refractivity contribution is 6.03. The van der Waals surface area contributed by atoms with Crippen LogP contribution in [0.3, 0.4) is 0 Å². The molecule has 1 aromatic carbocycles. The van der Waals surface area contributed by atoms with E-state index in [1.54, 1.807) is 30.5 Å². The van der Waals surface area contributed by atoms with Gasteiger partial charge in [-0.25, -0.2) is 4.99 Å². The van der Waals surface area contributed by atoms with Gasteiger partial charge >= 0.3 is 0 Å². The van der Waals surface area contributed by atoms with E-state index < -0.39 is 0 Å². The molecule has 0 unspecified atom stereocenters. The number of carbonyl (C=O) groups is 1. The van der Waals surface area contributed by atoms with E-state index in [-0.39, 0.29) is 5.84 Å². The largest absolute Gasteiger partial charge is 0.494 e. The van der Waals surface area contributed by atoms with Gasteiger partial charge in [-0.2, -0.15) is 0 Å². The maximum atomic E-state index is 11.2. The normalized spacial score (nSPS) is 11.3. The number of hydrogen-bond acceptors (Lipinski definition) is 5. The lowest BCUT2D eigenvalue weighted by molar-refractivity contribution is 0.112. The molecule has 0 fully saturated rings. The second-order valence-corrected chi connectivity index (χ2v) is 7.30. The Balaban J connectivity index is 1.75. The Bertz CT molecular complexity index is 776. The van der Waals surface area contributed by atoms with Crippen LogP contribution >= 0.6 is 0 Å². The van der Waals surface area contributed by atoms with Gasteiger partial charge in [0.15, 0.2) is 12.1 Å². The van der Waals surface area contributed by atoms with Gasteiger partial charge in [-0.3, -0.25) is 20.5 Å². The van der Waals surface area contributed by atoms with E-state index in [1.165, 1.54) is 51.4 Å². The number of aldehydes is 1. The maximum Gasteiger partial charge on any atom is 0.177 e. The zero-order chi connectivity index (χ0) is 21.4. The zero-order valence-corrected chi connectivity index (χ0v) is 17.8. The van der Waals surface area contributed by atoms with Crippen LogP contribution in [-0.4, -0.2) is 28.9 Å². The van der Waals surface area contributed by atoms with Crippen molar-refractivity contribution >= 4 is 17.8 Å². The van der Waals surface area contributed by atoms with Crippen molar-refractivity contribution in [3.63, 3.8) is 0 Å². The minimum Gasteiger partial charge on any atom is -0.494 e. The first-order chi connectivity index (χ1) is 14.8. The van der Waals surface area contributed by atoms with Crippen LogP contribution in [0.2, 0.25) is 0 Å². The number of amidine groups is 1. The highest BCUT2D eigenvalue weighted by Crippen LogP contribution is 2.20. The van der Waals surface area contributed by atoms with Crippen molar-refractivity contribution in [2.75, 3.05) is 6.61 Å². The Morgan fingerprint density at radius 2 is 1.70 bits per heavy atom. The molecule has 0 aliphatic rings. The van der Waals surface area contributed by atoms with E-state index >= 15 is 0 Å². The lowest BCUT2D eigenvalue weighted by Gasteiger charge is -2.08. The number of carbonyl (C=O) groups excluding carboxylic acids is 1. The summed E-state index contributed by atoms with van der Waals surface area (Å²) in [5.74, 6) is 0.902. The quantitative estimate of drug-likeness (QED) is 0.134. The number of hydroxylamine groups is 1.